The van der Waals surface area contributed by atoms with Gasteiger partial charge in [-0.2, -0.15) is 9.97 Å². The Morgan fingerprint density at radius 1 is 1.08 bits per heavy atom. The van der Waals surface area contributed by atoms with Gasteiger partial charge in [-0.25, -0.2) is 4.98 Å². The van der Waals surface area contributed by atoms with Crippen molar-refractivity contribution < 1.29 is 0 Å². The molecule has 1 fully saturated rings. The first-order chi connectivity index (χ1) is 17.1. The first kappa shape index (κ1) is 24.5. The Hall–Kier alpha value is -3.22. The fraction of sp³-hybridized carbons (Fsp3) is 0.517. The number of hydrogen-bond donors (Lipinski definition) is 1. The lowest BCUT2D eigenvalue weighted by atomic mass is 9.74. The highest BCUT2D eigenvalue weighted by Crippen LogP contribution is 2.38. The van der Waals surface area contributed by atoms with E-state index in [1.807, 2.05) is 30.3 Å². The van der Waals surface area contributed by atoms with E-state index in [4.69, 9.17) is 9.97 Å². The molecule has 1 aliphatic heterocycles. The first-order valence-electron chi connectivity index (χ1n) is 13.1. The lowest BCUT2D eigenvalue weighted by Crippen LogP contribution is -2.38. The molecule has 1 atom stereocenters. The van der Waals surface area contributed by atoms with Crippen LogP contribution in [0.3, 0.4) is 0 Å². The molecular weight excluding hydrogens is 446 g/mol. The number of anilines is 2. The van der Waals surface area contributed by atoms with Gasteiger partial charge in [0.05, 0.1) is 12.4 Å². The Morgan fingerprint density at radius 2 is 1.81 bits per heavy atom. The Balaban J connectivity index is 1.39. The molecule has 1 N–H and O–H groups in total. The average Bonchev–Trinajstić information content (AvgIpc) is 3.21. The van der Waals surface area contributed by atoms with E-state index >= 15 is 0 Å². The number of aromatic nitrogens is 5. The Kier molecular flexibility index (Phi) is 6.35. The molecule has 0 saturated carbocycles. The van der Waals surface area contributed by atoms with Crippen LogP contribution in [0.5, 0.6) is 0 Å². The van der Waals surface area contributed by atoms with Gasteiger partial charge >= 0.3 is 0 Å². The minimum absolute atomic E-state index is 0.0456. The molecule has 1 saturated heterocycles. The van der Waals surface area contributed by atoms with E-state index in [0.717, 1.165) is 55.3 Å². The van der Waals surface area contributed by atoms with Gasteiger partial charge in [-0.1, -0.05) is 52.8 Å². The molecule has 1 aliphatic carbocycles. The molecule has 0 spiro atoms. The number of nitrogens with zero attached hydrogens (tertiary/aromatic N) is 6. The van der Waals surface area contributed by atoms with Gasteiger partial charge < -0.3 is 14.8 Å². The second-order valence-corrected chi connectivity index (χ2v) is 12.0. The van der Waals surface area contributed by atoms with Gasteiger partial charge in [0, 0.05) is 37.9 Å². The maximum Gasteiger partial charge on any atom is 0.229 e. The summed E-state index contributed by atoms with van der Waals surface area (Å²) in [5.74, 6) is 2.30. The Labute approximate surface area is 214 Å². The fourth-order valence-electron chi connectivity index (χ4n) is 5.21. The van der Waals surface area contributed by atoms with Crippen molar-refractivity contribution in [1.82, 2.24) is 24.5 Å². The van der Waals surface area contributed by atoms with Gasteiger partial charge in [-0.05, 0) is 53.9 Å². The average molecular weight is 486 g/mol. The molecule has 7 nitrogen and oxygen atoms in total. The Morgan fingerprint density at radius 3 is 2.50 bits per heavy atom. The van der Waals surface area contributed by atoms with E-state index in [-0.39, 0.29) is 16.9 Å². The molecule has 0 radical (unpaired) electrons. The quantitative estimate of drug-likeness (QED) is 0.510. The van der Waals surface area contributed by atoms with E-state index in [1.54, 1.807) is 0 Å². The molecule has 3 aromatic heterocycles. The maximum atomic E-state index is 5.09. The summed E-state index contributed by atoms with van der Waals surface area (Å²) in [6.07, 6.45) is 15.9. The standard InChI is InChI=1S/C29H39N7/c1-28(2,3)22-7-12-29(4,5)23(18-22)32-26-24-25(31-19-35(24)6)33-27(34-26)36-15-10-21(11-16-36)17-20-8-13-30-14-9-20/h7-9,12-14,18-19,21,23H,10-11,15-17H2,1-6H3,(H,32,33,34). The Bertz CT molecular complexity index is 1270. The summed E-state index contributed by atoms with van der Waals surface area (Å²) >= 11 is 0. The number of piperidine rings is 1. The van der Waals surface area contributed by atoms with Crippen LogP contribution in [0.4, 0.5) is 11.8 Å². The molecule has 7 heteroatoms. The van der Waals surface area contributed by atoms with Gasteiger partial charge in [0.15, 0.2) is 11.5 Å². The van der Waals surface area contributed by atoms with Gasteiger partial charge in [-0.3, -0.25) is 4.98 Å². The molecule has 1 unspecified atom stereocenters. The van der Waals surface area contributed by atoms with Crippen molar-refractivity contribution in [2.24, 2.45) is 23.8 Å². The van der Waals surface area contributed by atoms with Crippen LogP contribution < -0.4 is 10.2 Å². The molecule has 190 valence electrons. The number of pyridine rings is 1. The predicted molar refractivity (Wildman–Crippen MR) is 147 cm³/mol. The molecule has 2 aliphatic rings. The van der Waals surface area contributed by atoms with E-state index in [1.165, 1.54) is 11.1 Å². The number of aryl methyl sites for hydroxylation is 1. The molecule has 3 aromatic rings. The summed E-state index contributed by atoms with van der Waals surface area (Å²) in [6, 6.07) is 4.37. The first-order valence-corrected chi connectivity index (χ1v) is 13.1. The van der Waals surface area contributed by atoms with Gasteiger partial charge in [0.2, 0.25) is 5.95 Å². The van der Waals surface area contributed by atoms with Crippen LogP contribution in [0.25, 0.3) is 11.2 Å². The number of allylic oxidation sites excluding steroid dienone is 2. The van der Waals surface area contributed by atoms with Crippen molar-refractivity contribution in [2.45, 2.75) is 59.9 Å². The maximum absolute atomic E-state index is 5.09. The highest BCUT2D eigenvalue weighted by molar-refractivity contribution is 5.85. The zero-order valence-electron chi connectivity index (χ0n) is 22.5. The third kappa shape index (κ3) is 5.01. The summed E-state index contributed by atoms with van der Waals surface area (Å²) < 4.78 is 2.02. The number of rotatable bonds is 5. The van der Waals surface area contributed by atoms with Crippen molar-refractivity contribution >= 4 is 22.9 Å². The minimum atomic E-state index is -0.0456. The lowest BCUT2D eigenvalue weighted by molar-refractivity contribution is 0.400. The SMILES string of the molecule is Cn1cnc2nc(N3CCC(Cc4ccncc4)CC3)nc(NC3C=C(C(C)(C)C)C=CC3(C)C)c21. The van der Waals surface area contributed by atoms with Crippen LogP contribution in [0.1, 0.15) is 53.0 Å². The summed E-state index contributed by atoms with van der Waals surface area (Å²) in [6.45, 7) is 13.2. The topological polar surface area (TPSA) is 71.8 Å². The summed E-state index contributed by atoms with van der Waals surface area (Å²) in [7, 11) is 2.01. The zero-order chi connectivity index (χ0) is 25.5. The second kappa shape index (κ2) is 9.34. The third-order valence-corrected chi connectivity index (χ3v) is 7.73. The van der Waals surface area contributed by atoms with Crippen LogP contribution >= 0.6 is 0 Å². The van der Waals surface area contributed by atoms with Crippen molar-refractivity contribution in [3.05, 3.63) is 60.2 Å². The lowest BCUT2D eigenvalue weighted by Gasteiger charge is -2.37. The van der Waals surface area contributed by atoms with Crippen LogP contribution in [0.15, 0.2) is 54.7 Å². The molecule has 5 rings (SSSR count). The van der Waals surface area contributed by atoms with E-state index in [2.05, 4.69) is 85.2 Å². The van der Waals surface area contributed by atoms with Gasteiger partial charge in [0.1, 0.15) is 5.52 Å². The number of hydrogen-bond acceptors (Lipinski definition) is 6. The number of nitrogens with one attached hydrogen (secondary N) is 1. The van der Waals surface area contributed by atoms with E-state index in [0.29, 0.717) is 5.92 Å². The van der Waals surface area contributed by atoms with Crippen molar-refractivity contribution in [1.29, 1.82) is 0 Å². The van der Waals surface area contributed by atoms with Gasteiger partial charge in [0.25, 0.3) is 0 Å². The van der Waals surface area contributed by atoms with Crippen LogP contribution in [0.2, 0.25) is 0 Å². The zero-order valence-corrected chi connectivity index (χ0v) is 22.5. The van der Waals surface area contributed by atoms with Crippen molar-refractivity contribution in [3.63, 3.8) is 0 Å². The van der Waals surface area contributed by atoms with Crippen LogP contribution in [-0.4, -0.2) is 43.6 Å². The van der Waals surface area contributed by atoms with Gasteiger partial charge in [-0.15, -0.1) is 0 Å². The minimum Gasteiger partial charge on any atom is -0.361 e. The van der Waals surface area contributed by atoms with E-state index in [9.17, 15) is 0 Å². The second-order valence-electron chi connectivity index (χ2n) is 12.0. The third-order valence-electron chi connectivity index (χ3n) is 7.73. The highest BCUT2D eigenvalue weighted by atomic mass is 15.3. The molecule has 36 heavy (non-hydrogen) atoms. The normalized spacial score (nSPS) is 20.6. The van der Waals surface area contributed by atoms with Crippen LogP contribution in [0, 0.1) is 16.7 Å². The van der Waals surface area contributed by atoms with Crippen molar-refractivity contribution in [3.8, 4) is 0 Å². The highest BCUT2D eigenvalue weighted by Gasteiger charge is 2.32. The number of imidazole rings is 1. The van der Waals surface area contributed by atoms with Crippen LogP contribution in [-0.2, 0) is 13.5 Å². The molecule has 0 aromatic carbocycles. The summed E-state index contributed by atoms with van der Waals surface area (Å²) in [5, 5.41) is 3.79. The molecular formula is C29H39N7. The predicted octanol–water partition coefficient (Wildman–Crippen LogP) is 5.57. The van der Waals surface area contributed by atoms with Crippen molar-refractivity contribution in [2.75, 3.05) is 23.3 Å². The largest absolute Gasteiger partial charge is 0.361 e. The number of fused-ring (bicyclic) bond motifs is 1. The summed E-state index contributed by atoms with van der Waals surface area (Å²) in [4.78, 5) is 21.0. The summed E-state index contributed by atoms with van der Waals surface area (Å²) in [5.41, 5.74) is 4.44. The van der Waals surface area contributed by atoms with E-state index < -0.39 is 0 Å². The monoisotopic (exact) mass is 485 g/mol. The molecule has 0 amide bonds. The molecule has 0 bridgehead atoms. The fourth-order valence-corrected chi connectivity index (χ4v) is 5.21. The smallest absolute Gasteiger partial charge is 0.229 e. The molecule has 4 heterocycles.